The van der Waals surface area contributed by atoms with E-state index in [-0.39, 0.29) is 18.9 Å². The first-order valence-electron chi connectivity index (χ1n) is 5.17. The van der Waals surface area contributed by atoms with Gasteiger partial charge in [-0.05, 0) is 19.3 Å². The molecule has 1 rings (SSSR count). The Balaban J connectivity index is 2.35. The van der Waals surface area contributed by atoms with Gasteiger partial charge in [0, 0.05) is 12.5 Å². The summed E-state index contributed by atoms with van der Waals surface area (Å²) in [4.78, 5) is 33.0. The van der Waals surface area contributed by atoms with Gasteiger partial charge >= 0.3 is 17.9 Å². The van der Waals surface area contributed by atoms with E-state index in [4.69, 9.17) is 4.74 Å². The topological polar surface area (TPSA) is 69.7 Å². The Labute approximate surface area is 93.4 Å². The molecule has 0 N–H and O–H groups in total. The molecule has 88 valence electrons. The maximum absolute atomic E-state index is 11.4. The Morgan fingerprint density at radius 2 is 2.31 bits per heavy atom. The van der Waals surface area contributed by atoms with E-state index >= 15 is 0 Å². The minimum Gasteiger partial charge on any atom is -0.463 e. The van der Waals surface area contributed by atoms with Crippen molar-refractivity contribution in [2.45, 2.75) is 25.7 Å². The van der Waals surface area contributed by atoms with Crippen molar-refractivity contribution in [3.8, 4) is 0 Å². The van der Waals surface area contributed by atoms with Crippen LogP contribution in [0.4, 0.5) is 0 Å². The zero-order valence-corrected chi connectivity index (χ0v) is 8.94. The molecule has 1 fully saturated rings. The van der Waals surface area contributed by atoms with E-state index in [0.717, 1.165) is 6.08 Å². The fraction of sp³-hybridized carbons (Fsp3) is 0.545. The number of ether oxygens (including phenoxy) is 2. The number of hydrogen-bond acceptors (Lipinski definition) is 5. The van der Waals surface area contributed by atoms with Crippen molar-refractivity contribution in [2.24, 2.45) is 5.92 Å². The molecule has 1 aliphatic rings. The summed E-state index contributed by atoms with van der Waals surface area (Å²) >= 11 is 0. The molecule has 0 radical (unpaired) electrons. The molecule has 5 heteroatoms. The van der Waals surface area contributed by atoms with Crippen LogP contribution in [0.25, 0.3) is 0 Å². The zero-order valence-electron chi connectivity index (χ0n) is 8.94. The van der Waals surface area contributed by atoms with Crippen molar-refractivity contribution in [3.05, 3.63) is 12.7 Å². The highest BCUT2D eigenvalue weighted by Crippen LogP contribution is 2.19. The normalized spacial score (nSPS) is 20.9. The van der Waals surface area contributed by atoms with Crippen LogP contribution >= 0.6 is 0 Å². The standard InChI is InChI=1S/C11H14O5/c1-2-9(12)15-7-6-8-4-3-5-10(13)16-11(8)14/h2,8H,1,3-7H2. The molecular formula is C11H14O5. The third-order valence-electron chi connectivity index (χ3n) is 2.36. The summed E-state index contributed by atoms with van der Waals surface area (Å²) in [5.41, 5.74) is 0. The molecule has 5 nitrogen and oxygen atoms in total. The smallest absolute Gasteiger partial charge is 0.330 e. The molecule has 0 aromatic rings. The van der Waals surface area contributed by atoms with Gasteiger partial charge in [0.15, 0.2) is 0 Å². The number of hydrogen-bond donors (Lipinski definition) is 0. The molecule has 16 heavy (non-hydrogen) atoms. The molecule has 0 aromatic carbocycles. The molecule has 1 aliphatic heterocycles. The first kappa shape index (κ1) is 12.4. The Hall–Kier alpha value is -1.65. The minimum absolute atomic E-state index is 0.138. The Bertz CT molecular complexity index is 307. The molecule has 0 amide bonds. The van der Waals surface area contributed by atoms with Crippen molar-refractivity contribution in [3.63, 3.8) is 0 Å². The van der Waals surface area contributed by atoms with Crippen molar-refractivity contribution in [1.29, 1.82) is 0 Å². The fourth-order valence-corrected chi connectivity index (χ4v) is 1.48. The SMILES string of the molecule is C=CC(=O)OCCC1CCCC(=O)OC1=O. The molecule has 1 atom stereocenters. The first-order valence-corrected chi connectivity index (χ1v) is 5.17. The number of carbonyl (C=O) groups is 3. The van der Waals surface area contributed by atoms with E-state index in [1.807, 2.05) is 0 Å². The molecular weight excluding hydrogens is 212 g/mol. The summed E-state index contributed by atoms with van der Waals surface area (Å²) in [6.07, 6.45) is 2.94. The highest BCUT2D eigenvalue weighted by Gasteiger charge is 2.26. The van der Waals surface area contributed by atoms with E-state index in [9.17, 15) is 14.4 Å². The number of esters is 3. The van der Waals surface area contributed by atoms with Gasteiger partial charge in [-0.25, -0.2) is 4.79 Å². The van der Waals surface area contributed by atoms with Gasteiger partial charge in [0.05, 0.1) is 12.5 Å². The van der Waals surface area contributed by atoms with E-state index in [1.165, 1.54) is 0 Å². The third-order valence-corrected chi connectivity index (χ3v) is 2.36. The highest BCUT2D eigenvalue weighted by atomic mass is 16.6. The molecule has 1 heterocycles. The maximum atomic E-state index is 11.4. The van der Waals surface area contributed by atoms with Crippen LogP contribution in [0.2, 0.25) is 0 Å². The van der Waals surface area contributed by atoms with Crippen LogP contribution < -0.4 is 0 Å². The molecule has 1 saturated heterocycles. The summed E-state index contributed by atoms with van der Waals surface area (Å²) in [6.45, 7) is 3.39. The molecule has 0 bridgehead atoms. The van der Waals surface area contributed by atoms with Gasteiger partial charge in [-0.1, -0.05) is 6.58 Å². The van der Waals surface area contributed by atoms with Crippen LogP contribution in [-0.4, -0.2) is 24.5 Å². The second-order valence-corrected chi connectivity index (χ2v) is 3.54. The van der Waals surface area contributed by atoms with Crippen LogP contribution in [0.1, 0.15) is 25.7 Å². The molecule has 1 unspecified atom stereocenters. The van der Waals surface area contributed by atoms with Gasteiger partial charge < -0.3 is 9.47 Å². The molecule has 0 saturated carbocycles. The summed E-state index contributed by atoms with van der Waals surface area (Å²) < 4.78 is 9.33. The average molecular weight is 226 g/mol. The summed E-state index contributed by atoms with van der Waals surface area (Å²) in [5, 5.41) is 0. The lowest BCUT2D eigenvalue weighted by Crippen LogP contribution is -2.19. The lowest BCUT2D eigenvalue weighted by atomic mass is 10.00. The summed E-state index contributed by atoms with van der Waals surface area (Å²) in [6, 6.07) is 0. The predicted molar refractivity (Wildman–Crippen MR) is 54.2 cm³/mol. The lowest BCUT2D eigenvalue weighted by molar-refractivity contribution is -0.161. The van der Waals surface area contributed by atoms with E-state index in [0.29, 0.717) is 19.3 Å². The van der Waals surface area contributed by atoms with Gasteiger partial charge in [0.1, 0.15) is 0 Å². The first-order chi connectivity index (χ1) is 7.63. The maximum Gasteiger partial charge on any atom is 0.330 e. The van der Waals surface area contributed by atoms with Crippen molar-refractivity contribution < 1.29 is 23.9 Å². The second-order valence-electron chi connectivity index (χ2n) is 3.54. The predicted octanol–water partition coefficient (Wildman–Crippen LogP) is 0.976. The van der Waals surface area contributed by atoms with Crippen LogP contribution in [0, 0.1) is 5.92 Å². The summed E-state index contributed by atoms with van der Waals surface area (Å²) in [5.74, 6) is -1.87. The molecule has 0 aromatic heterocycles. The second kappa shape index (κ2) is 6.05. The monoisotopic (exact) mass is 226 g/mol. The average Bonchev–Trinajstić information content (AvgIpc) is 2.40. The number of rotatable bonds is 4. The van der Waals surface area contributed by atoms with E-state index < -0.39 is 17.9 Å². The van der Waals surface area contributed by atoms with Crippen molar-refractivity contribution in [2.75, 3.05) is 6.61 Å². The Kier molecular flexibility index (Phi) is 4.69. The number of cyclic esters (lactones) is 2. The van der Waals surface area contributed by atoms with E-state index in [1.54, 1.807) is 0 Å². The van der Waals surface area contributed by atoms with Gasteiger partial charge in [-0.2, -0.15) is 0 Å². The van der Waals surface area contributed by atoms with Gasteiger partial charge in [0.2, 0.25) is 0 Å². The van der Waals surface area contributed by atoms with Crippen LogP contribution in [-0.2, 0) is 23.9 Å². The largest absolute Gasteiger partial charge is 0.463 e. The van der Waals surface area contributed by atoms with Crippen molar-refractivity contribution in [1.82, 2.24) is 0 Å². The van der Waals surface area contributed by atoms with Crippen LogP contribution in [0.3, 0.4) is 0 Å². The summed E-state index contributed by atoms with van der Waals surface area (Å²) in [7, 11) is 0. The quantitative estimate of drug-likeness (QED) is 0.406. The van der Waals surface area contributed by atoms with Crippen molar-refractivity contribution >= 4 is 17.9 Å². The van der Waals surface area contributed by atoms with Gasteiger partial charge in [0.25, 0.3) is 0 Å². The van der Waals surface area contributed by atoms with Crippen LogP contribution in [0.5, 0.6) is 0 Å². The van der Waals surface area contributed by atoms with Gasteiger partial charge in [-0.3, -0.25) is 9.59 Å². The minimum atomic E-state index is -0.517. The van der Waals surface area contributed by atoms with E-state index in [2.05, 4.69) is 11.3 Å². The number of carbonyl (C=O) groups excluding carboxylic acids is 3. The Morgan fingerprint density at radius 1 is 1.56 bits per heavy atom. The molecule has 0 spiro atoms. The Morgan fingerprint density at radius 3 is 3.00 bits per heavy atom. The highest BCUT2D eigenvalue weighted by molar-refractivity contribution is 5.87. The lowest BCUT2D eigenvalue weighted by Gasteiger charge is -2.10. The third kappa shape index (κ3) is 3.84. The molecule has 0 aliphatic carbocycles. The fourth-order valence-electron chi connectivity index (χ4n) is 1.48. The van der Waals surface area contributed by atoms with Gasteiger partial charge in [-0.15, -0.1) is 0 Å². The van der Waals surface area contributed by atoms with Crippen LogP contribution in [0.15, 0.2) is 12.7 Å². The zero-order chi connectivity index (χ0) is 12.0.